The number of hydrogen-bond donors (Lipinski definition) is 1. The van der Waals surface area contributed by atoms with Crippen molar-refractivity contribution in [2.75, 3.05) is 0 Å². The monoisotopic (exact) mass is 236 g/mol. The van der Waals surface area contributed by atoms with Gasteiger partial charge < -0.3 is 5.73 Å². The Bertz CT molecular complexity index is 383. The number of nitrogens with zero attached hydrogens (tertiary/aromatic N) is 1. The molecule has 88 valence electrons. The standard InChI is InChI=1S/C13H20N2S/c1-9-3-2-6-13(14,7-9)12-15-11(8-16-12)10-4-5-10/h8-10H,2-7,14H2,1H3. The minimum Gasteiger partial charge on any atom is -0.319 e. The predicted molar refractivity (Wildman–Crippen MR) is 67.6 cm³/mol. The Hall–Kier alpha value is -0.410. The van der Waals surface area contributed by atoms with E-state index < -0.39 is 0 Å². The molecule has 0 radical (unpaired) electrons. The Labute approximate surface area is 101 Å². The van der Waals surface area contributed by atoms with Gasteiger partial charge in [-0.15, -0.1) is 11.3 Å². The van der Waals surface area contributed by atoms with Gasteiger partial charge in [0.05, 0.1) is 11.2 Å². The summed E-state index contributed by atoms with van der Waals surface area (Å²) in [4.78, 5) is 4.80. The SMILES string of the molecule is CC1CCCC(N)(c2nc(C3CC3)cs2)C1. The van der Waals surface area contributed by atoms with Crippen LogP contribution in [0.4, 0.5) is 0 Å². The maximum Gasteiger partial charge on any atom is 0.113 e. The van der Waals surface area contributed by atoms with Crippen LogP contribution in [0.25, 0.3) is 0 Å². The van der Waals surface area contributed by atoms with Gasteiger partial charge in [-0.3, -0.25) is 0 Å². The fraction of sp³-hybridized carbons (Fsp3) is 0.769. The van der Waals surface area contributed by atoms with Crippen LogP contribution in [0, 0.1) is 5.92 Å². The summed E-state index contributed by atoms with van der Waals surface area (Å²) in [5.41, 5.74) is 7.75. The van der Waals surface area contributed by atoms with Gasteiger partial charge in [0.25, 0.3) is 0 Å². The molecule has 1 heterocycles. The molecule has 2 aliphatic carbocycles. The van der Waals surface area contributed by atoms with Crippen molar-refractivity contribution in [2.45, 2.75) is 56.9 Å². The highest BCUT2D eigenvalue weighted by Gasteiger charge is 2.36. The quantitative estimate of drug-likeness (QED) is 0.855. The first-order valence-electron chi connectivity index (χ1n) is 6.42. The third kappa shape index (κ3) is 1.91. The van der Waals surface area contributed by atoms with Gasteiger partial charge in [0.1, 0.15) is 5.01 Å². The van der Waals surface area contributed by atoms with Gasteiger partial charge in [-0.2, -0.15) is 0 Å². The summed E-state index contributed by atoms with van der Waals surface area (Å²) in [5, 5.41) is 3.43. The van der Waals surface area contributed by atoms with Crippen LogP contribution in [-0.4, -0.2) is 4.98 Å². The zero-order valence-electron chi connectivity index (χ0n) is 9.91. The fourth-order valence-electron chi connectivity index (χ4n) is 2.87. The Balaban J connectivity index is 1.82. The zero-order valence-corrected chi connectivity index (χ0v) is 10.7. The highest BCUT2D eigenvalue weighted by Crippen LogP contribution is 2.44. The summed E-state index contributed by atoms with van der Waals surface area (Å²) in [7, 11) is 0. The molecule has 2 nitrogen and oxygen atoms in total. The second-order valence-corrected chi connectivity index (χ2v) is 6.57. The number of rotatable bonds is 2. The first kappa shape index (κ1) is 10.7. The van der Waals surface area contributed by atoms with Crippen molar-refractivity contribution in [3.8, 4) is 0 Å². The largest absolute Gasteiger partial charge is 0.319 e. The second-order valence-electron chi connectivity index (χ2n) is 5.71. The maximum absolute atomic E-state index is 6.55. The number of nitrogens with two attached hydrogens (primary N) is 1. The van der Waals surface area contributed by atoms with E-state index in [1.54, 1.807) is 11.3 Å². The zero-order chi connectivity index (χ0) is 11.2. The van der Waals surface area contributed by atoms with Crippen molar-refractivity contribution in [3.05, 3.63) is 16.1 Å². The molecule has 0 aromatic carbocycles. The molecule has 3 heteroatoms. The van der Waals surface area contributed by atoms with Gasteiger partial charge in [0.15, 0.2) is 0 Å². The molecule has 3 rings (SSSR count). The van der Waals surface area contributed by atoms with Gasteiger partial charge in [0.2, 0.25) is 0 Å². The minimum atomic E-state index is -0.116. The smallest absolute Gasteiger partial charge is 0.113 e. The maximum atomic E-state index is 6.55. The van der Waals surface area contributed by atoms with E-state index >= 15 is 0 Å². The molecule has 0 saturated heterocycles. The average Bonchev–Trinajstić information content (AvgIpc) is 2.95. The molecule has 2 atom stereocenters. The molecular weight excluding hydrogens is 216 g/mol. The summed E-state index contributed by atoms with van der Waals surface area (Å²) in [6.07, 6.45) is 7.49. The van der Waals surface area contributed by atoms with Crippen LogP contribution < -0.4 is 5.73 Å². The van der Waals surface area contributed by atoms with Crippen molar-refractivity contribution < 1.29 is 0 Å². The Kier molecular flexibility index (Phi) is 2.55. The van der Waals surface area contributed by atoms with E-state index in [1.807, 2.05) is 0 Å². The first-order chi connectivity index (χ1) is 7.67. The van der Waals surface area contributed by atoms with Gasteiger partial charge in [-0.1, -0.05) is 19.8 Å². The van der Waals surface area contributed by atoms with Crippen molar-refractivity contribution >= 4 is 11.3 Å². The van der Waals surface area contributed by atoms with Gasteiger partial charge >= 0.3 is 0 Å². The lowest BCUT2D eigenvalue weighted by molar-refractivity contribution is 0.238. The van der Waals surface area contributed by atoms with Crippen LogP contribution in [0.15, 0.2) is 5.38 Å². The number of thiazole rings is 1. The summed E-state index contributed by atoms with van der Waals surface area (Å²) in [6, 6.07) is 0. The van der Waals surface area contributed by atoms with Crippen molar-refractivity contribution in [1.29, 1.82) is 0 Å². The van der Waals surface area contributed by atoms with Gasteiger partial charge in [0, 0.05) is 11.3 Å². The Morgan fingerprint density at radius 2 is 2.25 bits per heavy atom. The van der Waals surface area contributed by atoms with E-state index in [0.29, 0.717) is 0 Å². The average molecular weight is 236 g/mol. The van der Waals surface area contributed by atoms with E-state index in [-0.39, 0.29) is 5.54 Å². The number of aromatic nitrogens is 1. The highest BCUT2D eigenvalue weighted by atomic mass is 32.1. The molecule has 2 fully saturated rings. The summed E-state index contributed by atoms with van der Waals surface area (Å²) >= 11 is 1.79. The lowest BCUT2D eigenvalue weighted by atomic mass is 9.77. The molecule has 0 amide bonds. The molecule has 0 spiro atoms. The first-order valence-corrected chi connectivity index (χ1v) is 7.30. The van der Waals surface area contributed by atoms with Crippen LogP contribution in [0.5, 0.6) is 0 Å². The molecule has 16 heavy (non-hydrogen) atoms. The third-order valence-corrected chi connectivity index (χ3v) is 5.06. The van der Waals surface area contributed by atoms with Gasteiger partial charge in [-0.25, -0.2) is 4.98 Å². The van der Waals surface area contributed by atoms with E-state index in [9.17, 15) is 0 Å². The van der Waals surface area contributed by atoms with Crippen LogP contribution in [-0.2, 0) is 5.54 Å². The van der Waals surface area contributed by atoms with E-state index in [0.717, 1.165) is 24.7 Å². The molecule has 1 aromatic rings. The van der Waals surface area contributed by atoms with Crippen molar-refractivity contribution in [1.82, 2.24) is 4.98 Å². The summed E-state index contributed by atoms with van der Waals surface area (Å²) in [5.74, 6) is 1.52. The van der Waals surface area contributed by atoms with Crippen molar-refractivity contribution in [3.63, 3.8) is 0 Å². The van der Waals surface area contributed by atoms with E-state index in [1.165, 1.54) is 36.4 Å². The highest BCUT2D eigenvalue weighted by molar-refractivity contribution is 7.09. The van der Waals surface area contributed by atoms with Crippen LogP contribution in [0.3, 0.4) is 0 Å². The molecule has 1 aromatic heterocycles. The molecule has 2 unspecified atom stereocenters. The summed E-state index contributed by atoms with van der Waals surface area (Å²) < 4.78 is 0. The topological polar surface area (TPSA) is 38.9 Å². The van der Waals surface area contributed by atoms with Crippen LogP contribution >= 0.6 is 11.3 Å². The molecule has 0 aliphatic heterocycles. The second kappa shape index (κ2) is 3.81. The van der Waals surface area contributed by atoms with Crippen molar-refractivity contribution in [2.24, 2.45) is 11.7 Å². The van der Waals surface area contributed by atoms with E-state index in [4.69, 9.17) is 10.7 Å². The van der Waals surface area contributed by atoms with E-state index in [2.05, 4.69) is 12.3 Å². The summed E-state index contributed by atoms with van der Waals surface area (Å²) in [6.45, 7) is 2.32. The Morgan fingerprint density at radius 1 is 1.44 bits per heavy atom. The molecule has 0 bridgehead atoms. The number of hydrogen-bond acceptors (Lipinski definition) is 3. The molecule has 2 aliphatic rings. The normalized spacial score (nSPS) is 35.2. The third-order valence-electron chi connectivity index (χ3n) is 3.98. The molecule has 2 saturated carbocycles. The molecule has 2 N–H and O–H groups in total. The van der Waals surface area contributed by atoms with Crippen LogP contribution in [0.1, 0.15) is 62.1 Å². The predicted octanol–water partition coefficient (Wildman–Crippen LogP) is 3.38. The lowest BCUT2D eigenvalue weighted by Gasteiger charge is -2.35. The van der Waals surface area contributed by atoms with Crippen LogP contribution in [0.2, 0.25) is 0 Å². The molecular formula is C13H20N2S. The van der Waals surface area contributed by atoms with Gasteiger partial charge in [-0.05, 0) is 31.6 Å². The minimum absolute atomic E-state index is 0.116. The Morgan fingerprint density at radius 3 is 2.94 bits per heavy atom. The lowest BCUT2D eigenvalue weighted by Crippen LogP contribution is -2.40. The fourth-order valence-corrected chi connectivity index (χ4v) is 3.92.